The van der Waals surface area contributed by atoms with E-state index in [-0.39, 0.29) is 0 Å². The summed E-state index contributed by atoms with van der Waals surface area (Å²) in [7, 11) is 0. The molecule has 3 aromatic rings. The number of aryl methyl sites for hydroxylation is 1. The zero-order valence-corrected chi connectivity index (χ0v) is 13.6. The lowest BCUT2D eigenvalue weighted by atomic mass is 10.3. The molecule has 0 saturated carbocycles. The molecule has 0 spiro atoms. The average molecular weight is 331 g/mol. The van der Waals surface area contributed by atoms with Gasteiger partial charge in [0, 0.05) is 31.6 Å². The number of aromatic nitrogens is 3. The highest BCUT2D eigenvalue weighted by Crippen LogP contribution is 2.22. The van der Waals surface area contributed by atoms with Crippen LogP contribution < -0.4 is 4.90 Å². The van der Waals surface area contributed by atoms with Crippen LogP contribution in [0.3, 0.4) is 0 Å². The topological polar surface area (TPSA) is 71.4 Å². The van der Waals surface area contributed by atoms with Crippen LogP contribution in [0.15, 0.2) is 32.9 Å². The van der Waals surface area contributed by atoms with E-state index in [0.29, 0.717) is 18.3 Å². The van der Waals surface area contributed by atoms with Gasteiger partial charge in [-0.05, 0) is 13.0 Å². The van der Waals surface area contributed by atoms with E-state index in [1.807, 2.05) is 13.0 Å². The van der Waals surface area contributed by atoms with Crippen molar-refractivity contribution in [3.8, 4) is 11.4 Å². The maximum absolute atomic E-state index is 5.34. The first-order valence-corrected chi connectivity index (χ1v) is 8.40. The van der Waals surface area contributed by atoms with Gasteiger partial charge >= 0.3 is 0 Å². The summed E-state index contributed by atoms with van der Waals surface area (Å²) in [5, 5.41) is 7.21. The molecule has 0 aliphatic carbocycles. The Labute approximate surface area is 137 Å². The molecule has 0 amide bonds. The molecular formula is C15H17N5O2S. The molecule has 4 heterocycles. The van der Waals surface area contributed by atoms with Gasteiger partial charge in [-0.2, -0.15) is 4.98 Å². The van der Waals surface area contributed by atoms with E-state index < -0.39 is 0 Å². The highest BCUT2D eigenvalue weighted by atomic mass is 32.1. The van der Waals surface area contributed by atoms with Crippen molar-refractivity contribution in [3.63, 3.8) is 0 Å². The number of hydrogen-bond acceptors (Lipinski definition) is 8. The van der Waals surface area contributed by atoms with Gasteiger partial charge in [0.15, 0.2) is 5.13 Å². The number of thiazole rings is 1. The van der Waals surface area contributed by atoms with Crippen LogP contribution in [-0.2, 0) is 6.54 Å². The van der Waals surface area contributed by atoms with Crippen molar-refractivity contribution in [2.75, 3.05) is 31.1 Å². The molecule has 0 radical (unpaired) electrons. The van der Waals surface area contributed by atoms with Crippen molar-refractivity contribution in [1.82, 2.24) is 20.0 Å². The Morgan fingerprint density at radius 3 is 2.78 bits per heavy atom. The minimum absolute atomic E-state index is 0.575. The van der Waals surface area contributed by atoms with E-state index >= 15 is 0 Å². The van der Waals surface area contributed by atoms with Crippen LogP contribution in [-0.4, -0.2) is 46.2 Å². The van der Waals surface area contributed by atoms with Gasteiger partial charge < -0.3 is 13.8 Å². The normalized spacial score (nSPS) is 16.1. The molecule has 0 bridgehead atoms. The first-order valence-electron chi connectivity index (χ1n) is 7.52. The summed E-state index contributed by atoms with van der Waals surface area (Å²) < 4.78 is 10.4. The van der Waals surface area contributed by atoms with Crippen LogP contribution in [0.2, 0.25) is 0 Å². The Balaban J connectivity index is 1.34. The zero-order chi connectivity index (χ0) is 15.6. The van der Waals surface area contributed by atoms with Gasteiger partial charge in [-0.25, -0.2) is 4.98 Å². The Morgan fingerprint density at radius 2 is 2.09 bits per heavy atom. The first-order chi connectivity index (χ1) is 11.3. The van der Waals surface area contributed by atoms with Crippen LogP contribution in [0.1, 0.15) is 11.6 Å². The van der Waals surface area contributed by atoms with Gasteiger partial charge in [0.1, 0.15) is 6.26 Å². The second kappa shape index (κ2) is 6.13. The van der Waals surface area contributed by atoms with Crippen LogP contribution in [0, 0.1) is 6.92 Å². The van der Waals surface area contributed by atoms with E-state index in [9.17, 15) is 0 Å². The third-order valence-electron chi connectivity index (χ3n) is 3.86. The summed E-state index contributed by atoms with van der Waals surface area (Å²) in [6.07, 6.45) is 3.22. The first kappa shape index (κ1) is 14.4. The lowest BCUT2D eigenvalue weighted by molar-refractivity contribution is 0.215. The maximum Gasteiger partial charge on any atom is 0.241 e. The van der Waals surface area contributed by atoms with Crippen molar-refractivity contribution < 1.29 is 8.94 Å². The second-order valence-corrected chi connectivity index (χ2v) is 6.39. The molecule has 0 aromatic carbocycles. The minimum atomic E-state index is 0.575. The second-order valence-electron chi connectivity index (χ2n) is 5.56. The summed E-state index contributed by atoms with van der Waals surface area (Å²) in [6.45, 7) is 6.56. The van der Waals surface area contributed by atoms with Gasteiger partial charge in [0.2, 0.25) is 11.7 Å². The van der Waals surface area contributed by atoms with Crippen LogP contribution in [0.25, 0.3) is 11.4 Å². The highest BCUT2D eigenvalue weighted by molar-refractivity contribution is 7.13. The highest BCUT2D eigenvalue weighted by Gasteiger charge is 2.21. The Hall–Kier alpha value is -2.19. The predicted octanol–water partition coefficient (Wildman–Crippen LogP) is 2.42. The molecule has 0 N–H and O–H groups in total. The third-order valence-corrected chi connectivity index (χ3v) is 4.88. The number of anilines is 1. The average Bonchev–Trinajstić information content (AvgIpc) is 3.28. The number of rotatable bonds is 4. The van der Waals surface area contributed by atoms with Gasteiger partial charge in [0.05, 0.1) is 24.1 Å². The molecule has 23 heavy (non-hydrogen) atoms. The Kier molecular flexibility index (Phi) is 3.84. The third kappa shape index (κ3) is 3.13. The summed E-state index contributed by atoms with van der Waals surface area (Å²) >= 11 is 1.71. The fraction of sp³-hybridized carbons (Fsp3) is 0.400. The molecule has 7 nitrogen and oxygen atoms in total. The fourth-order valence-electron chi connectivity index (χ4n) is 2.60. The molecule has 120 valence electrons. The predicted molar refractivity (Wildman–Crippen MR) is 86.3 cm³/mol. The van der Waals surface area contributed by atoms with Gasteiger partial charge in [-0.15, -0.1) is 11.3 Å². The van der Waals surface area contributed by atoms with Crippen molar-refractivity contribution in [1.29, 1.82) is 0 Å². The Bertz CT molecular complexity index is 759. The molecule has 0 unspecified atom stereocenters. The van der Waals surface area contributed by atoms with Crippen LogP contribution in [0.4, 0.5) is 5.13 Å². The number of nitrogens with zero attached hydrogens (tertiary/aromatic N) is 5. The quantitative estimate of drug-likeness (QED) is 0.727. The van der Waals surface area contributed by atoms with E-state index in [2.05, 4.69) is 30.3 Å². The minimum Gasteiger partial charge on any atom is -0.472 e. The summed E-state index contributed by atoms with van der Waals surface area (Å²) in [5.41, 5.74) is 1.93. The Morgan fingerprint density at radius 1 is 1.22 bits per heavy atom. The van der Waals surface area contributed by atoms with Gasteiger partial charge in [-0.1, -0.05) is 5.16 Å². The number of piperazine rings is 1. The molecule has 1 aliphatic rings. The van der Waals surface area contributed by atoms with E-state index in [4.69, 9.17) is 8.94 Å². The monoisotopic (exact) mass is 331 g/mol. The molecule has 1 aliphatic heterocycles. The lowest BCUT2D eigenvalue weighted by Crippen LogP contribution is -2.46. The standard InChI is InChI=1S/C15H17N5O2S/c1-11-10-23-15(16-11)20-5-3-19(4-6-20)8-13-17-14(18-22-13)12-2-7-21-9-12/h2,7,9-10H,3-6,8H2,1H3. The fourth-order valence-corrected chi connectivity index (χ4v) is 3.46. The smallest absolute Gasteiger partial charge is 0.241 e. The van der Waals surface area contributed by atoms with Crippen molar-refractivity contribution >= 4 is 16.5 Å². The van der Waals surface area contributed by atoms with Gasteiger partial charge in [0.25, 0.3) is 0 Å². The molecule has 1 fully saturated rings. The largest absolute Gasteiger partial charge is 0.472 e. The van der Waals surface area contributed by atoms with E-state index in [1.54, 1.807) is 23.9 Å². The summed E-state index contributed by atoms with van der Waals surface area (Å²) in [6, 6.07) is 1.82. The summed E-state index contributed by atoms with van der Waals surface area (Å²) in [5.74, 6) is 1.21. The molecule has 0 atom stereocenters. The molecular weight excluding hydrogens is 314 g/mol. The van der Waals surface area contributed by atoms with Gasteiger partial charge in [-0.3, -0.25) is 4.90 Å². The van der Waals surface area contributed by atoms with Crippen LogP contribution >= 0.6 is 11.3 Å². The molecule has 1 saturated heterocycles. The zero-order valence-electron chi connectivity index (χ0n) is 12.8. The maximum atomic E-state index is 5.34. The van der Waals surface area contributed by atoms with E-state index in [1.165, 1.54) is 0 Å². The number of hydrogen-bond donors (Lipinski definition) is 0. The lowest BCUT2D eigenvalue weighted by Gasteiger charge is -2.33. The SMILES string of the molecule is Cc1csc(N2CCN(Cc3nc(-c4ccoc4)no3)CC2)n1. The van der Waals surface area contributed by atoms with Crippen molar-refractivity contribution in [2.45, 2.75) is 13.5 Å². The molecule has 3 aromatic heterocycles. The van der Waals surface area contributed by atoms with Crippen molar-refractivity contribution in [2.24, 2.45) is 0 Å². The molecule has 4 rings (SSSR count). The molecule has 8 heteroatoms. The summed E-state index contributed by atoms with van der Waals surface area (Å²) in [4.78, 5) is 13.6. The van der Waals surface area contributed by atoms with Crippen molar-refractivity contribution in [3.05, 3.63) is 35.6 Å². The van der Waals surface area contributed by atoms with Crippen LogP contribution in [0.5, 0.6) is 0 Å². The number of furan rings is 1. The van der Waals surface area contributed by atoms with E-state index in [0.717, 1.165) is 42.6 Å².